The van der Waals surface area contributed by atoms with E-state index < -0.39 is 10.0 Å². The van der Waals surface area contributed by atoms with Gasteiger partial charge in [0.25, 0.3) is 0 Å². The van der Waals surface area contributed by atoms with Crippen molar-refractivity contribution in [3.63, 3.8) is 0 Å². The number of hydrogen-bond donors (Lipinski definition) is 0. The lowest BCUT2D eigenvalue weighted by molar-refractivity contribution is 0.409. The molecule has 4 nitrogen and oxygen atoms in total. The Kier molecular flexibility index (Phi) is 7.56. The maximum Gasteiger partial charge on any atom is 0.243 e. The molecule has 0 saturated heterocycles. The van der Waals surface area contributed by atoms with Gasteiger partial charge in [0.15, 0.2) is 0 Å². The Hall–Kier alpha value is -2.73. The van der Waals surface area contributed by atoms with Crippen molar-refractivity contribution < 1.29 is 8.42 Å². The molecule has 0 N–H and O–H groups in total. The average molecular weight is 521 g/mol. The normalized spacial score (nSPS) is 12.4. The predicted octanol–water partition coefficient (Wildman–Crippen LogP) is 7.24. The van der Waals surface area contributed by atoms with E-state index in [2.05, 4.69) is 31.8 Å². The lowest BCUT2D eigenvalue weighted by Gasteiger charge is -2.24. The van der Waals surface area contributed by atoms with Gasteiger partial charge >= 0.3 is 0 Å². The second-order valence-corrected chi connectivity index (χ2v) is 12.7. The summed E-state index contributed by atoms with van der Waals surface area (Å²) in [6.45, 7) is 10.8. The molecule has 0 aliphatic carbocycles. The molecule has 0 amide bonds. The number of pyridine rings is 1. The Morgan fingerprint density at radius 3 is 2.17 bits per heavy atom. The predicted molar refractivity (Wildman–Crippen MR) is 149 cm³/mol. The van der Waals surface area contributed by atoms with Crippen LogP contribution in [0.1, 0.15) is 48.6 Å². The van der Waals surface area contributed by atoms with Crippen LogP contribution in [0.2, 0.25) is 5.15 Å². The third-order valence-corrected chi connectivity index (χ3v) is 8.81. The summed E-state index contributed by atoms with van der Waals surface area (Å²) in [5.41, 5.74) is 5.77. The number of rotatable bonds is 7. The van der Waals surface area contributed by atoms with Gasteiger partial charge in [-0.1, -0.05) is 87.0 Å². The van der Waals surface area contributed by atoms with Gasteiger partial charge in [0, 0.05) is 24.0 Å². The first-order chi connectivity index (χ1) is 17.0. The summed E-state index contributed by atoms with van der Waals surface area (Å²) in [4.78, 5) is 4.92. The average Bonchev–Trinajstić information content (AvgIpc) is 2.84. The van der Waals surface area contributed by atoms with Crippen LogP contribution in [0.25, 0.3) is 10.9 Å². The number of halogens is 1. The molecule has 3 aromatic carbocycles. The number of nitrogens with zero attached hydrogens (tertiary/aromatic N) is 2. The fourth-order valence-electron chi connectivity index (χ4n) is 4.31. The van der Waals surface area contributed by atoms with E-state index in [-0.39, 0.29) is 16.9 Å². The van der Waals surface area contributed by atoms with Gasteiger partial charge in [-0.2, -0.15) is 4.31 Å². The first-order valence-electron chi connectivity index (χ1n) is 12.2. The maximum atomic E-state index is 13.9. The van der Waals surface area contributed by atoms with Gasteiger partial charge in [0.05, 0.1) is 10.4 Å². The molecule has 4 rings (SSSR count). The van der Waals surface area contributed by atoms with E-state index in [1.165, 1.54) is 4.31 Å². The van der Waals surface area contributed by atoms with Crippen molar-refractivity contribution in [3.05, 3.63) is 106 Å². The van der Waals surface area contributed by atoms with E-state index in [0.717, 1.165) is 33.2 Å². The zero-order valence-electron chi connectivity index (χ0n) is 21.5. The number of hydrogen-bond acceptors (Lipinski definition) is 3. The Morgan fingerprint density at radius 1 is 0.889 bits per heavy atom. The molecule has 0 fully saturated rings. The van der Waals surface area contributed by atoms with Gasteiger partial charge in [-0.25, -0.2) is 13.4 Å². The molecule has 0 bridgehead atoms. The minimum atomic E-state index is -3.77. The highest BCUT2D eigenvalue weighted by Gasteiger charge is 2.26. The van der Waals surface area contributed by atoms with Gasteiger partial charge in [0.2, 0.25) is 10.0 Å². The van der Waals surface area contributed by atoms with Gasteiger partial charge in [-0.05, 0) is 66.1 Å². The van der Waals surface area contributed by atoms with Gasteiger partial charge in [-0.15, -0.1) is 0 Å². The molecule has 1 heterocycles. The summed E-state index contributed by atoms with van der Waals surface area (Å²) >= 11 is 6.62. The van der Waals surface area contributed by atoms with Crippen LogP contribution >= 0.6 is 11.6 Å². The maximum absolute atomic E-state index is 13.9. The highest BCUT2D eigenvalue weighted by molar-refractivity contribution is 7.89. The molecular formula is C30H33ClN2O2S. The van der Waals surface area contributed by atoms with Crippen LogP contribution in [0.15, 0.2) is 77.7 Å². The zero-order valence-corrected chi connectivity index (χ0v) is 23.1. The van der Waals surface area contributed by atoms with Crippen LogP contribution in [0.4, 0.5) is 0 Å². The molecule has 0 aliphatic rings. The van der Waals surface area contributed by atoms with Crippen molar-refractivity contribution in [2.24, 2.45) is 0 Å². The monoisotopic (exact) mass is 520 g/mol. The van der Waals surface area contributed by atoms with Crippen molar-refractivity contribution in [1.82, 2.24) is 9.29 Å². The molecule has 4 aromatic rings. The molecule has 0 spiro atoms. The smallest absolute Gasteiger partial charge is 0.235 e. The summed E-state index contributed by atoms with van der Waals surface area (Å²) in [5.74, 6) is 0. The molecule has 188 valence electrons. The van der Waals surface area contributed by atoms with Crippen molar-refractivity contribution in [1.29, 1.82) is 0 Å². The minimum Gasteiger partial charge on any atom is -0.235 e. The van der Waals surface area contributed by atoms with E-state index in [0.29, 0.717) is 23.7 Å². The van der Waals surface area contributed by atoms with Crippen LogP contribution in [-0.2, 0) is 28.4 Å². The number of benzene rings is 3. The van der Waals surface area contributed by atoms with Crippen molar-refractivity contribution >= 4 is 32.5 Å². The van der Waals surface area contributed by atoms with Crippen LogP contribution in [0.3, 0.4) is 0 Å². The van der Waals surface area contributed by atoms with Crippen LogP contribution in [0, 0.1) is 13.8 Å². The lowest BCUT2D eigenvalue weighted by atomic mass is 9.87. The first-order valence-corrected chi connectivity index (χ1v) is 14.0. The van der Waals surface area contributed by atoms with Gasteiger partial charge < -0.3 is 0 Å². The number of sulfonamides is 1. The number of aromatic nitrogens is 1. The summed E-state index contributed by atoms with van der Waals surface area (Å²) in [7, 11) is -3.77. The van der Waals surface area contributed by atoms with E-state index in [9.17, 15) is 8.42 Å². The zero-order chi connectivity index (χ0) is 26.1. The number of aryl methyl sites for hydroxylation is 2. The fraction of sp³-hybridized carbons (Fsp3) is 0.300. The third kappa shape index (κ3) is 5.64. The minimum absolute atomic E-state index is 0.0600. The lowest BCUT2D eigenvalue weighted by Crippen LogP contribution is -2.33. The SMILES string of the molecule is Cc1ccc(C)c2nc(Cl)c(CN(CCc3ccccc3)S(=O)(=O)c3ccc(C(C)(C)C)cc3)cc12. The molecular weight excluding hydrogens is 488 g/mol. The Labute approximate surface area is 220 Å². The van der Waals surface area contributed by atoms with Gasteiger partial charge in [0.1, 0.15) is 5.15 Å². The third-order valence-electron chi connectivity index (χ3n) is 6.63. The van der Waals surface area contributed by atoms with E-state index in [1.807, 2.05) is 68.4 Å². The summed E-state index contributed by atoms with van der Waals surface area (Å²) in [6.07, 6.45) is 0.594. The standard InChI is InChI=1S/C30H33ClN2O2S/c1-21-11-12-22(2)28-27(21)19-24(29(31)32-28)20-33(18-17-23-9-7-6-8-10-23)36(34,35)26-15-13-25(14-16-26)30(3,4)5/h6-16,19H,17-18,20H2,1-5H3. The molecule has 0 aliphatic heterocycles. The largest absolute Gasteiger partial charge is 0.243 e. The second kappa shape index (κ2) is 10.3. The van der Waals surface area contributed by atoms with Crippen LogP contribution < -0.4 is 0 Å². The first kappa shape index (κ1) is 26.3. The number of fused-ring (bicyclic) bond motifs is 1. The van der Waals surface area contributed by atoms with Crippen molar-refractivity contribution in [3.8, 4) is 0 Å². The Balaban J connectivity index is 1.73. The van der Waals surface area contributed by atoms with E-state index >= 15 is 0 Å². The summed E-state index contributed by atoms with van der Waals surface area (Å²) in [5, 5.41) is 1.32. The van der Waals surface area contributed by atoms with Crippen molar-refractivity contribution in [2.75, 3.05) is 6.54 Å². The molecule has 0 unspecified atom stereocenters. The van der Waals surface area contributed by atoms with Crippen LogP contribution in [-0.4, -0.2) is 24.3 Å². The highest BCUT2D eigenvalue weighted by atomic mass is 35.5. The summed E-state index contributed by atoms with van der Waals surface area (Å²) < 4.78 is 29.3. The van der Waals surface area contributed by atoms with Crippen LogP contribution in [0.5, 0.6) is 0 Å². The topological polar surface area (TPSA) is 50.3 Å². The molecule has 0 saturated carbocycles. The fourth-order valence-corrected chi connectivity index (χ4v) is 5.93. The Bertz CT molecular complexity index is 1480. The molecule has 6 heteroatoms. The quantitative estimate of drug-likeness (QED) is 0.241. The molecule has 1 aromatic heterocycles. The Morgan fingerprint density at radius 2 is 1.53 bits per heavy atom. The highest BCUT2D eigenvalue weighted by Crippen LogP contribution is 2.29. The molecule has 0 atom stereocenters. The van der Waals surface area contributed by atoms with E-state index in [1.54, 1.807) is 12.1 Å². The van der Waals surface area contributed by atoms with Crippen molar-refractivity contribution in [2.45, 2.75) is 57.9 Å². The van der Waals surface area contributed by atoms with E-state index in [4.69, 9.17) is 11.6 Å². The van der Waals surface area contributed by atoms with Gasteiger partial charge in [-0.3, -0.25) is 0 Å². The second-order valence-electron chi connectivity index (χ2n) is 10.4. The molecule has 0 radical (unpaired) electrons. The molecule has 36 heavy (non-hydrogen) atoms. The summed E-state index contributed by atoms with van der Waals surface area (Å²) in [6, 6.07) is 23.2.